The maximum absolute atomic E-state index is 12.1. The zero-order valence-corrected chi connectivity index (χ0v) is 14.2. The smallest absolute Gasteiger partial charge is 0.190 e. The van der Waals surface area contributed by atoms with Crippen LogP contribution in [0.25, 0.3) is 0 Å². The van der Waals surface area contributed by atoms with Crippen LogP contribution in [0.2, 0.25) is 0 Å². The molecule has 5 N–H and O–H groups in total. The second-order valence-electron chi connectivity index (χ2n) is 6.29. The van der Waals surface area contributed by atoms with Crippen LogP contribution in [0, 0.1) is 19.8 Å². The van der Waals surface area contributed by atoms with Gasteiger partial charge in [-0.25, -0.2) is 0 Å². The Morgan fingerprint density at radius 1 is 1.27 bits per heavy atom. The molecule has 0 bridgehead atoms. The molecule has 0 aliphatic rings. The molecular formula is C18H31N2O2+. The van der Waals surface area contributed by atoms with Crippen LogP contribution in [0.1, 0.15) is 43.7 Å². The van der Waals surface area contributed by atoms with Gasteiger partial charge in [0.05, 0.1) is 6.61 Å². The molecule has 1 aromatic rings. The molecule has 0 fully saturated rings. The molecule has 4 nitrogen and oxygen atoms in total. The summed E-state index contributed by atoms with van der Waals surface area (Å²) in [4.78, 5) is 12.1. The number of carbonyl (C=O) groups is 1. The first-order valence-corrected chi connectivity index (χ1v) is 8.20. The molecule has 0 radical (unpaired) electrons. The lowest BCUT2D eigenvalue weighted by Gasteiger charge is -2.16. The average Bonchev–Trinajstić information content (AvgIpc) is 2.46. The molecule has 0 aliphatic carbocycles. The van der Waals surface area contributed by atoms with E-state index in [1.54, 1.807) is 0 Å². The van der Waals surface area contributed by atoms with Crippen LogP contribution in [0.3, 0.4) is 0 Å². The number of ether oxygens (including phenoxy) is 1. The standard InChI is InChI=1S/C18H30N2O2/c1-13(11-17(21)16(20)9-4-5-10-19)12-22-18-14(2)7-6-8-15(18)3/h6-8,13,16H,4-5,9-12,19-20H2,1-3H3/p+1/t13?,16-/m0/s1. The van der Waals surface area contributed by atoms with E-state index in [4.69, 9.17) is 10.5 Å². The molecule has 0 heterocycles. The Kier molecular flexibility index (Phi) is 8.13. The molecule has 22 heavy (non-hydrogen) atoms. The third kappa shape index (κ3) is 6.16. The SMILES string of the molecule is Cc1cccc(C)c1OCC(C)CC(=O)[C@@H]([NH3+])CCCCN. The maximum Gasteiger partial charge on any atom is 0.190 e. The number of rotatable bonds is 10. The Bertz CT molecular complexity index is 454. The highest BCUT2D eigenvalue weighted by Gasteiger charge is 2.20. The van der Waals surface area contributed by atoms with E-state index in [0.717, 1.165) is 36.1 Å². The van der Waals surface area contributed by atoms with Crippen LogP contribution in [0.4, 0.5) is 0 Å². The molecule has 4 heteroatoms. The van der Waals surface area contributed by atoms with Gasteiger partial charge in [-0.15, -0.1) is 0 Å². The van der Waals surface area contributed by atoms with E-state index in [1.165, 1.54) is 0 Å². The molecule has 0 saturated heterocycles. The molecule has 1 unspecified atom stereocenters. The van der Waals surface area contributed by atoms with Crippen LogP contribution in [0.5, 0.6) is 5.75 Å². The number of hydrogen-bond donors (Lipinski definition) is 2. The number of quaternary nitrogens is 1. The first kappa shape index (κ1) is 18.7. The molecule has 0 spiro atoms. The largest absolute Gasteiger partial charge is 0.493 e. The number of Topliss-reactive ketones (excluding diaryl/α,β-unsaturated/α-hetero) is 1. The molecule has 1 rings (SSSR count). The minimum Gasteiger partial charge on any atom is -0.493 e. The number of ketones is 1. The van der Waals surface area contributed by atoms with E-state index >= 15 is 0 Å². The van der Waals surface area contributed by atoms with Gasteiger partial charge in [0.1, 0.15) is 11.8 Å². The Balaban J connectivity index is 2.39. The molecule has 2 atom stereocenters. The van der Waals surface area contributed by atoms with Crippen molar-refractivity contribution in [3.8, 4) is 5.75 Å². The van der Waals surface area contributed by atoms with Gasteiger partial charge in [-0.1, -0.05) is 25.1 Å². The quantitative estimate of drug-likeness (QED) is 0.649. The lowest BCUT2D eigenvalue weighted by molar-refractivity contribution is -0.404. The van der Waals surface area contributed by atoms with Crippen molar-refractivity contribution in [2.75, 3.05) is 13.2 Å². The minimum absolute atomic E-state index is 0.116. The normalized spacial score (nSPS) is 13.7. The van der Waals surface area contributed by atoms with E-state index < -0.39 is 0 Å². The van der Waals surface area contributed by atoms with Crippen molar-refractivity contribution in [1.29, 1.82) is 0 Å². The first-order valence-electron chi connectivity index (χ1n) is 8.20. The average molecular weight is 307 g/mol. The molecule has 0 aromatic heterocycles. The van der Waals surface area contributed by atoms with Crippen molar-refractivity contribution < 1.29 is 15.3 Å². The Labute approximate surface area is 134 Å². The third-order valence-electron chi connectivity index (χ3n) is 3.93. The highest BCUT2D eigenvalue weighted by molar-refractivity contribution is 5.82. The van der Waals surface area contributed by atoms with Gasteiger partial charge in [0.15, 0.2) is 5.78 Å². The highest BCUT2D eigenvalue weighted by Crippen LogP contribution is 2.23. The highest BCUT2D eigenvalue weighted by atomic mass is 16.5. The van der Waals surface area contributed by atoms with Crippen molar-refractivity contribution >= 4 is 5.78 Å². The third-order valence-corrected chi connectivity index (χ3v) is 3.93. The van der Waals surface area contributed by atoms with Gasteiger partial charge < -0.3 is 16.2 Å². The van der Waals surface area contributed by atoms with Crippen LogP contribution < -0.4 is 16.2 Å². The van der Waals surface area contributed by atoms with Gasteiger partial charge in [0.25, 0.3) is 0 Å². The second kappa shape index (κ2) is 9.59. The summed E-state index contributed by atoms with van der Waals surface area (Å²) in [5.74, 6) is 1.37. The van der Waals surface area contributed by atoms with E-state index in [0.29, 0.717) is 19.6 Å². The summed E-state index contributed by atoms with van der Waals surface area (Å²) in [6.45, 7) is 7.38. The van der Waals surface area contributed by atoms with Crippen molar-refractivity contribution in [1.82, 2.24) is 0 Å². The van der Waals surface area contributed by atoms with Gasteiger partial charge in [-0.05, 0) is 50.3 Å². The van der Waals surface area contributed by atoms with Crippen LogP contribution >= 0.6 is 0 Å². The minimum atomic E-state index is -0.116. The van der Waals surface area contributed by atoms with E-state index in [1.807, 2.05) is 32.0 Å². The van der Waals surface area contributed by atoms with Crippen molar-refractivity contribution in [3.05, 3.63) is 29.3 Å². The van der Waals surface area contributed by atoms with Gasteiger partial charge in [0, 0.05) is 12.8 Å². The summed E-state index contributed by atoms with van der Waals surface area (Å²) in [7, 11) is 0. The summed E-state index contributed by atoms with van der Waals surface area (Å²) in [5.41, 5.74) is 11.7. The fraction of sp³-hybridized carbons (Fsp3) is 0.611. The molecular weight excluding hydrogens is 276 g/mol. The lowest BCUT2D eigenvalue weighted by Crippen LogP contribution is -2.65. The molecule has 0 saturated carbocycles. The predicted molar refractivity (Wildman–Crippen MR) is 89.8 cm³/mol. The Morgan fingerprint density at radius 3 is 2.50 bits per heavy atom. The monoisotopic (exact) mass is 307 g/mol. The summed E-state index contributed by atoms with van der Waals surface area (Å²) in [6, 6.07) is 6.00. The molecule has 1 aromatic carbocycles. The first-order chi connectivity index (χ1) is 10.5. The van der Waals surface area contributed by atoms with Crippen LogP contribution in [0.15, 0.2) is 18.2 Å². The van der Waals surface area contributed by atoms with Gasteiger partial charge >= 0.3 is 0 Å². The number of nitrogens with two attached hydrogens (primary N) is 1. The van der Waals surface area contributed by atoms with Crippen LogP contribution in [-0.4, -0.2) is 25.0 Å². The zero-order chi connectivity index (χ0) is 16.5. The van der Waals surface area contributed by atoms with Crippen molar-refractivity contribution in [2.45, 2.75) is 52.5 Å². The molecule has 124 valence electrons. The summed E-state index contributed by atoms with van der Waals surface area (Å²) in [6.07, 6.45) is 3.30. The Hall–Kier alpha value is -1.39. The predicted octanol–water partition coefficient (Wildman–Crippen LogP) is 2.02. The zero-order valence-electron chi connectivity index (χ0n) is 14.2. The number of carbonyl (C=O) groups excluding carboxylic acids is 1. The molecule has 0 aliphatic heterocycles. The maximum atomic E-state index is 12.1. The van der Waals surface area contributed by atoms with Gasteiger partial charge in [0.2, 0.25) is 0 Å². The second-order valence-corrected chi connectivity index (χ2v) is 6.29. The van der Waals surface area contributed by atoms with Gasteiger partial charge in [-0.2, -0.15) is 0 Å². The number of para-hydroxylation sites is 1. The lowest BCUT2D eigenvalue weighted by atomic mass is 9.98. The van der Waals surface area contributed by atoms with Gasteiger partial charge in [-0.3, -0.25) is 4.79 Å². The van der Waals surface area contributed by atoms with Crippen LogP contribution in [-0.2, 0) is 4.79 Å². The van der Waals surface area contributed by atoms with E-state index in [9.17, 15) is 4.79 Å². The van der Waals surface area contributed by atoms with Crippen molar-refractivity contribution in [2.24, 2.45) is 11.7 Å². The summed E-state index contributed by atoms with van der Waals surface area (Å²) < 4.78 is 5.92. The van der Waals surface area contributed by atoms with E-state index in [2.05, 4.69) is 12.7 Å². The molecule has 0 amide bonds. The number of unbranched alkanes of at least 4 members (excludes halogenated alkanes) is 1. The van der Waals surface area contributed by atoms with Crippen molar-refractivity contribution in [3.63, 3.8) is 0 Å². The fourth-order valence-corrected chi connectivity index (χ4v) is 2.52. The summed E-state index contributed by atoms with van der Waals surface area (Å²) in [5, 5.41) is 0. The number of benzene rings is 1. The Morgan fingerprint density at radius 2 is 1.91 bits per heavy atom. The fourth-order valence-electron chi connectivity index (χ4n) is 2.52. The number of hydrogen-bond acceptors (Lipinski definition) is 3. The topological polar surface area (TPSA) is 80.0 Å². The summed E-state index contributed by atoms with van der Waals surface area (Å²) >= 11 is 0. The number of aryl methyl sites for hydroxylation is 2. The van der Waals surface area contributed by atoms with E-state index in [-0.39, 0.29) is 17.7 Å².